The molecule has 0 aliphatic carbocycles. The molecule has 5 nitrogen and oxygen atoms in total. The summed E-state index contributed by atoms with van der Waals surface area (Å²) in [7, 11) is 0. The first-order valence-corrected chi connectivity index (χ1v) is 8.67. The predicted octanol–water partition coefficient (Wildman–Crippen LogP) is 3.01. The fourth-order valence-electron chi connectivity index (χ4n) is 3.02. The Morgan fingerprint density at radius 2 is 2.16 bits per heavy atom. The molecule has 0 atom stereocenters. The molecule has 1 aromatic carbocycles. The van der Waals surface area contributed by atoms with Gasteiger partial charge in [0.25, 0.3) is 0 Å². The monoisotopic (exact) mass is 354 g/mol. The molecular weight excluding hydrogens is 339 g/mol. The normalized spacial score (nSPS) is 14.2. The Kier molecular flexibility index (Phi) is 3.93. The van der Waals surface area contributed by atoms with E-state index < -0.39 is 0 Å². The first kappa shape index (κ1) is 15.7. The van der Waals surface area contributed by atoms with E-state index in [1.807, 2.05) is 0 Å². The summed E-state index contributed by atoms with van der Waals surface area (Å²) >= 11 is 1.54. The Hall–Kier alpha value is -2.80. The van der Waals surface area contributed by atoms with Crippen LogP contribution in [0.3, 0.4) is 0 Å². The van der Waals surface area contributed by atoms with E-state index in [0.29, 0.717) is 30.9 Å². The second-order valence-corrected chi connectivity index (χ2v) is 6.89. The molecule has 1 amide bonds. The van der Waals surface area contributed by atoms with Gasteiger partial charge in [0.15, 0.2) is 0 Å². The number of halogens is 1. The van der Waals surface area contributed by atoms with E-state index in [1.165, 1.54) is 24.5 Å². The molecule has 2 aromatic heterocycles. The zero-order chi connectivity index (χ0) is 17.4. The Balaban J connectivity index is 1.56. The fourth-order valence-corrected chi connectivity index (χ4v) is 4.23. The molecule has 1 aliphatic rings. The number of nitrogens with zero attached hydrogens (tertiary/aromatic N) is 3. The number of aromatic nitrogens is 2. The van der Waals surface area contributed by atoms with E-state index in [1.54, 1.807) is 34.4 Å². The van der Waals surface area contributed by atoms with E-state index >= 15 is 0 Å². The maximum Gasteiger partial charge on any atom is 0.246 e. The lowest BCUT2D eigenvalue weighted by atomic mass is 10.0. The Morgan fingerprint density at radius 1 is 1.32 bits per heavy atom. The molecule has 4 rings (SSSR count). The summed E-state index contributed by atoms with van der Waals surface area (Å²) in [5.74, 6) is 0.0122. The first-order chi connectivity index (χ1) is 12.1. The molecular formula is C18H15FN4OS. The highest BCUT2D eigenvalue weighted by Gasteiger charge is 2.24. The topological polar surface area (TPSA) is 72.1 Å². The van der Waals surface area contributed by atoms with Crippen molar-refractivity contribution in [2.75, 3.05) is 12.3 Å². The molecule has 0 radical (unpaired) electrons. The molecule has 0 bridgehead atoms. The summed E-state index contributed by atoms with van der Waals surface area (Å²) < 4.78 is 13.6. The number of benzene rings is 1. The molecule has 0 spiro atoms. The maximum atomic E-state index is 13.6. The van der Waals surface area contributed by atoms with E-state index in [2.05, 4.69) is 9.97 Å². The van der Waals surface area contributed by atoms with Crippen molar-refractivity contribution in [3.05, 3.63) is 58.5 Å². The molecule has 7 heteroatoms. The molecule has 0 fully saturated rings. The van der Waals surface area contributed by atoms with Gasteiger partial charge in [0.1, 0.15) is 22.8 Å². The summed E-state index contributed by atoms with van der Waals surface area (Å²) in [6.07, 6.45) is 5.11. The highest BCUT2D eigenvalue weighted by atomic mass is 32.1. The SMILES string of the molecule is Nc1ncnc2sc3c(c12)CCN(C(=O)C=Cc1ccccc1F)C3. The molecule has 126 valence electrons. The van der Waals surface area contributed by atoms with Crippen molar-refractivity contribution in [2.45, 2.75) is 13.0 Å². The molecule has 25 heavy (non-hydrogen) atoms. The zero-order valence-corrected chi connectivity index (χ0v) is 14.1. The average molecular weight is 354 g/mol. The maximum absolute atomic E-state index is 13.6. The molecule has 0 saturated carbocycles. The van der Waals surface area contributed by atoms with Gasteiger partial charge in [0, 0.05) is 23.1 Å². The molecule has 3 heterocycles. The number of carbonyl (C=O) groups excluding carboxylic acids is 1. The van der Waals surface area contributed by atoms with Gasteiger partial charge in [-0.1, -0.05) is 18.2 Å². The number of fused-ring (bicyclic) bond motifs is 3. The quantitative estimate of drug-likeness (QED) is 0.718. The number of nitrogen functional groups attached to an aromatic ring is 1. The van der Waals surface area contributed by atoms with Crippen molar-refractivity contribution in [1.29, 1.82) is 0 Å². The highest BCUT2D eigenvalue weighted by Crippen LogP contribution is 2.36. The van der Waals surface area contributed by atoms with E-state index in [-0.39, 0.29) is 11.7 Å². The van der Waals surface area contributed by atoms with Crippen LogP contribution in [-0.4, -0.2) is 27.3 Å². The van der Waals surface area contributed by atoms with Crippen LogP contribution in [0.2, 0.25) is 0 Å². The summed E-state index contributed by atoms with van der Waals surface area (Å²) in [5.41, 5.74) is 7.51. The third-order valence-electron chi connectivity index (χ3n) is 4.29. The second-order valence-electron chi connectivity index (χ2n) is 5.81. The van der Waals surface area contributed by atoms with Crippen LogP contribution in [0.1, 0.15) is 16.0 Å². The van der Waals surface area contributed by atoms with Crippen LogP contribution in [0.25, 0.3) is 16.3 Å². The molecule has 2 N–H and O–H groups in total. The predicted molar refractivity (Wildman–Crippen MR) is 96.4 cm³/mol. The Bertz CT molecular complexity index is 998. The first-order valence-electron chi connectivity index (χ1n) is 7.85. The van der Waals surface area contributed by atoms with Crippen molar-refractivity contribution in [1.82, 2.24) is 14.9 Å². The number of hydrogen-bond donors (Lipinski definition) is 1. The van der Waals surface area contributed by atoms with Gasteiger partial charge in [0.2, 0.25) is 5.91 Å². The van der Waals surface area contributed by atoms with E-state index in [4.69, 9.17) is 5.73 Å². The number of carbonyl (C=O) groups is 1. The molecule has 1 aliphatic heterocycles. The van der Waals surface area contributed by atoms with Crippen molar-refractivity contribution in [2.24, 2.45) is 0 Å². The van der Waals surface area contributed by atoms with Crippen molar-refractivity contribution in [3.63, 3.8) is 0 Å². The van der Waals surface area contributed by atoms with Crippen LogP contribution in [0.4, 0.5) is 10.2 Å². The van der Waals surface area contributed by atoms with Crippen LogP contribution in [0, 0.1) is 5.82 Å². The summed E-state index contributed by atoms with van der Waals surface area (Å²) in [6, 6.07) is 6.38. The number of nitrogens with two attached hydrogens (primary N) is 1. The van der Waals surface area contributed by atoms with Crippen molar-refractivity contribution in [3.8, 4) is 0 Å². The fraction of sp³-hybridized carbons (Fsp3) is 0.167. The third-order valence-corrected chi connectivity index (χ3v) is 5.41. The number of hydrogen-bond acceptors (Lipinski definition) is 5. The molecule has 0 unspecified atom stereocenters. The summed E-state index contributed by atoms with van der Waals surface area (Å²) in [4.78, 5) is 24.5. The minimum atomic E-state index is -0.342. The van der Waals surface area contributed by atoms with Crippen LogP contribution in [0.15, 0.2) is 36.7 Å². The third kappa shape index (κ3) is 2.87. The number of rotatable bonds is 2. The van der Waals surface area contributed by atoms with Crippen LogP contribution in [0.5, 0.6) is 0 Å². The van der Waals surface area contributed by atoms with Crippen molar-refractivity contribution >= 4 is 39.4 Å². The minimum absolute atomic E-state index is 0.134. The molecule has 0 saturated heterocycles. The van der Waals surface area contributed by atoms with Gasteiger partial charge in [-0.2, -0.15) is 0 Å². The van der Waals surface area contributed by atoms with Gasteiger partial charge >= 0.3 is 0 Å². The van der Waals surface area contributed by atoms with Gasteiger partial charge in [-0.15, -0.1) is 11.3 Å². The lowest BCUT2D eigenvalue weighted by Gasteiger charge is -2.26. The van der Waals surface area contributed by atoms with Gasteiger partial charge in [-0.3, -0.25) is 4.79 Å². The number of thiophene rings is 1. The average Bonchev–Trinajstić information content (AvgIpc) is 2.99. The highest BCUT2D eigenvalue weighted by molar-refractivity contribution is 7.19. The van der Waals surface area contributed by atoms with Gasteiger partial charge in [-0.25, -0.2) is 14.4 Å². The van der Waals surface area contributed by atoms with Crippen LogP contribution < -0.4 is 5.73 Å². The Labute approximate surface area is 147 Å². The van der Waals surface area contributed by atoms with Gasteiger partial charge < -0.3 is 10.6 Å². The lowest BCUT2D eigenvalue weighted by Crippen LogP contribution is -2.34. The smallest absolute Gasteiger partial charge is 0.246 e. The summed E-state index contributed by atoms with van der Waals surface area (Å²) in [5, 5.41) is 0.913. The largest absolute Gasteiger partial charge is 0.383 e. The number of anilines is 1. The molecule has 3 aromatic rings. The van der Waals surface area contributed by atoms with Gasteiger partial charge in [0.05, 0.1) is 11.9 Å². The van der Waals surface area contributed by atoms with Gasteiger partial charge in [-0.05, 0) is 24.1 Å². The standard InChI is InChI=1S/C18H15FN4OS/c19-13-4-2-1-3-11(13)5-6-15(24)23-8-7-12-14(9-23)25-18-16(12)17(20)21-10-22-18/h1-6,10H,7-9H2,(H2,20,21,22). The van der Waals surface area contributed by atoms with Crippen LogP contribution in [-0.2, 0) is 17.8 Å². The minimum Gasteiger partial charge on any atom is -0.383 e. The van der Waals surface area contributed by atoms with Crippen molar-refractivity contribution < 1.29 is 9.18 Å². The lowest BCUT2D eigenvalue weighted by molar-refractivity contribution is -0.126. The van der Waals surface area contributed by atoms with E-state index in [0.717, 1.165) is 20.7 Å². The summed E-state index contributed by atoms with van der Waals surface area (Å²) in [6.45, 7) is 1.10. The zero-order valence-electron chi connectivity index (χ0n) is 13.3. The van der Waals surface area contributed by atoms with E-state index in [9.17, 15) is 9.18 Å². The Morgan fingerprint density at radius 3 is 3.00 bits per heavy atom. The van der Waals surface area contributed by atoms with Crippen LogP contribution >= 0.6 is 11.3 Å². The second kappa shape index (κ2) is 6.25. The number of amides is 1.